The zero-order valence-corrected chi connectivity index (χ0v) is 9.59. The van der Waals surface area contributed by atoms with Gasteiger partial charge in [0, 0.05) is 24.6 Å². The first-order valence-corrected chi connectivity index (χ1v) is 5.29. The van der Waals surface area contributed by atoms with Gasteiger partial charge in [-0.1, -0.05) is 26.0 Å². The summed E-state index contributed by atoms with van der Waals surface area (Å²) in [7, 11) is 0. The van der Waals surface area contributed by atoms with Crippen molar-refractivity contribution in [2.45, 2.75) is 26.9 Å². The van der Waals surface area contributed by atoms with E-state index < -0.39 is 0 Å². The van der Waals surface area contributed by atoms with Gasteiger partial charge in [-0.3, -0.25) is 4.79 Å². The Bertz CT molecular complexity index is 377. The molecule has 4 heteroatoms. The van der Waals surface area contributed by atoms with Gasteiger partial charge in [-0.25, -0.2) is 4.39 Å². The fraction of sp³-hybridized carbons (Fsp3) is 0.417. The lowest BCUT2D eigenvalue weighted by Crippen LogP contribution is -2.27. The first kappa shape index (κ1) is 12.6. The van der Waals surface area contributed by atoms with Crippen LogP contribution < -0.4 is 11.1 Å². The monoisotopic (exact) mass is 224 g/mol. The molecule has 0 aliphatic heterocycles. The van der Waals surface area contributed by atoms with E-state index in [1.165, 1.54) is 6.07 Å². The minimum Gasteiger partial charge on any atom is -0.352 e. The standard InChI is InChI=1S/C12H17FN2O/c1-8(2)12(16)15-7-10-4-3-9(6-14)5-11(10)13/h3-5,8H,6-7,14H2,1-2H3,(H,15,16). The van der Waals surface area contributed by atoms with Crippen LogP contribution in [-0.4, -0.2) is 5.91 Å². The van der Waals surface area contributed by atoms with Crippen molar-refractivity contribution in [2.24, 2.45) is 11.7 Å². The molecule has 0 aliphatic rings. The molecule has 1 aromatic rings. The molecular weight excluding hydrogens is 207 g/mol. The summed E-state index contributed by atoms with van der Waals surface area (Å²) in [4.78, 5) is 11.3. The van der Waals surface area contributed by atoms with Crippen molar-refractivity contribution in [3.05, 3.63) is 35.1 Å². The Balaban J connectivity index is 2.64. The summed E-state index contributed by atoms with van der Waals surface area (Å²) < 4.78 is 13.5. The number of hydrogen-bond donors (Lipinski definition) is 2. The van der Waals surface area contributed by atoms with Crippen LogP contribution in [0.25, 0.3) is 0 Å². The summed E-state index contributed by atoms with van der Waals surface area (Å²) in [5, 5.41) is 2.67. The molecule has 0 heterocycles. The minimum atomic E-state index is -0.327. The molecule has 0 fully saturated rings. The van der Waals surface area contributed by atoms with E-state index in [4.69, 9.17) is 5.73 Å². The summed E-state index contributed by atoms with van der Waals surface area (Å²) in [5.41, 5.74) is 6.62. The van der Waals surface area contributed by atoms with Gasteiger partial charge in [-0.15, -0.1) is 0 Å². The van der Waals surface area contributed by atoms with E-state index in [1.54, 1.807) is 26.0 Å². The highest BCUT2D eigenvalue weighted by atomic mass is 19.1. The van der Waals surface area contributed by atoms with Crippen LogP contribution in [-0.2, 0) is 17.9 Å². The van der Waals surface area contributed by atoms with Crippen molar-refractivity contribution in [3.8, 4) is 0 Å². The van der Waals surface area contributed by atoms with Crippen molar-refractivity contribution >= 4 is 5.91 Å². The average molecular weight is 224 g/mol. The van der Waals surface area contributed by atoms with Crippen LogP contribution in [0.2, 0.25) is 0 Å². The van der Waals surface area contributed by atoms with Gasteiger partial charge in [0.25, 0.3) is 0 Å². The molecule has 88 valence electrons. The molecule has 3 nitrogen and oxygen atoms in total. The number of benzene rings is 1. The maximum atomic E-state index is 13.5. The summed E-state index contributed by atoms with van der Waals surface area (Å²) in [5.74, 6) is -0.499. The summed E-state index contributed by atoms with van der Waals surface area (Å²) in [6.07, 6.45) is 0. The van der Waals surface area contributed by atoms with E-state index in [0.717, 1.165) is 5.56 Å². The van der Waals surface area contributed by atoms with Gasteiger partial charge < -0.3 is 11.1 Å². The number of rotatable bonds is 4. The molecule has 0 bridgehead atoms. The highest BCUT2D eigenvalue weighted by Crippen LogP contribution is 2.10. The van der Waals surface area contributed by atoms with E-state index in [1.807, 2.05) is 0 Å². The van der Waals surface area contributed by atoms with E-state index in [0.29, 0.717) is 12.1 Å². The maximum Gasteiger partial charge on any atom is 0.222 e. The number of hydrogen-bond acceptors (Lipinski definition) is 2. The first-order valence-electron chi connectivity index (χ1n) is 5.29. The lowest BCUT2D eigenvalue weighted by molar-refractivity contribution is -0.124. The van der Waals surface area contributed by atoms with Gasteiger partial charge in [0.1, 0.15) is 5.82 Å². The highest BCUT2D eigenvalue weighted by molar-refractivity contribution is 5.77. The second-order valence-corrected chi connectivity index (χ2v) is 4.00. The summed E-state index contributed by atoms with van der Waals surface area (Å²) >= 11 is 0. The minimum absolute atomic E-state index is 0.0812. The van der Waals surface area contributed by atoms with Gasteiger partial charge in [-0.05, 0) is 11.6 Å². The zero-order valence-electron chi connectivity index (χ0n) is 9.59. The third-order valence-corrected chi connectivity index (χ3v) is 2.33. The van der Waals surface area contributed by atoms with Gasteiger partial charge in [-0.2, -0.15) is 0 Å². The fourth-order valence-corrected chi connectivity index (χ4v) is 1.25. The number of nitrogens with one attached hydrogen (secondary N) is 1. The van der Waals surface area contributed by atoms with Crippen molar-refractivity contribution in [2.75, 3.05) is 0 Å². The molecule has 3 N–H and O–H groups in total. The maximum absolute atomic E-state index is 13.5. The van der Waals surface area contributed by atoms with Crippen molar-refractivity contribution in [1.29, 1.82) is 0 Å². The van der Waals surface area contributed by atoms with Gasteiger partial charge in [0.05, 0.1) is 0 Å². The van der Waals surface area contributed by atoms with Gasteiger partial charge in [0.2, 0.25) is 5.91 Å². The molecule has 0 aromatic heterocycles. The predicted octanol–water partition coefficient (Wildman–Crippen LogP) is 1.56. The quantitative estimate of drug-likeness (QED) is 0.815. The molecule has 1 rings (SSSR count). The summed E-state index contributed by atoms with van der Waals surface area (Å²) in [6, 6.07) is 4.81. The van der Waals surface area contributed by atoms with Crippen LogP contribution in [0.5, 0.6) is 0 Å². The van der Waals surface area contributed by atoms with Gasteiger partial charge >= 0.3 is 0 Å². The van der Waals surface area contributed by atoms with Gasteiger partial charge in [0.15, 0.2) is 0 Å². The Morgan fingerprint density at radius 2 is 2.19 bits per heavy atom. The number of halogens is 1. The van der Waals surface area contributed by atoms with Crippen LogP contribution in [0, 0.1) is 11.7 Å². The number of carbonyl (C=O) groups is 1. The third kappa shape index (κ3) is 3.31. The molecule has 0 spiro atoms. The molecule has 0 unspecified atom stereocenters. The largest absolute Gasteiger partial charge is 0.352 e. The lowest BCUT2D eigenvalue weighted by atomic mass is 10.1. The Labute approximate surface area is 94.8 Å². The highest BCUT2D eigenvalue weighted by Gasteiger charge is 2.08. The van der Waals surface area contributed by atoms with E-state index in [-0.39, 0.29) is 24.2 Å². The van der Waals surface area contributed by atoms with Crippen LogP contribution in [0.15, 0.2) is 18.2 Å². The van der Waals surface area contributed by atoms with E-state index in [9.17, 15) is 9.18 Å². The third-order valence-electron chi connectivity index (χ3n) is 2.33. The number of amides is 1. The predicted molar refractivity (Wildman–Crippen MR) is 61.0 cm³/mol. The Kier molecular flexibility index (Phi) is 4.43. The molecule has 1 amide bonds. The molecule has 16 heavy (non-hydrogen) atoms. The lowest BCUT2D eigenvalue weighted by Gasteiger charge is -2.09. The Hall–Kier alpha value is -1.42. The molecule has 0 saturated heterocycles. The normalized spacial score (nSPS) is 10.6. The van der Waals surface area contributed by atoms with Crippen LogP contribution in [0.1, 0.15) is 25.0 Å². The van der Waals surface area contributed by atoms with Crippen LogP contribution in [0.4, 0.5) is 4.39 Å². The molecule has 0 saturated carbocycles. The second kappa shape index (κ2) is 5.61. The molecule has 0 atom stereocenters. The second-order valence-electron chi connectivity index (χ2n) is 4.00. The molecule has 1 aromatic carbocycles. The van der Waals surface area contributed by atoms with Crippen molar-refractivity contribution < 1.29 is 9.18 Å². The number of carbonyl (C=O) groups excluding carboxylic acids is 1. The topological polar surface area (TPSA) is 55.1 Å². The first-order chi connectivity index (χ1) is 7.54. The zero-order chi connectivity index (χ0) is 12.1. The van der Waals surface area contributed by atoms with Crippen LogP contribution >= 0.6 is 0 Å². The fourth-order valence-electron chi connectivity index (χ4n) is 1.25. The summed E-state index contributed by atoms with van der Waals surface area (Å²) in [6.45, 7) is 4.12. The Morgan fingerprint density at radius 1 is 1.50 bits per heavy atom. The van der Waals surface area contributed by atoms with Crippen molar-refractivity contribution in [1.82, 2.24) is 5.32 Å². The smallest absolute Gasteiger partial charge is 0.222 e. The SMILES string of the molecule is CC(C)C(=O)NCc1ccc(CN)cc1F. The number of nitrogens with two attached hydrogens (primary N) is 1. The molecular formula is C12H17FN2O. The van der Waals surface area contributed by atoms with Crippen molar-refractivity contribution in [3.63, 3.8) is 0 Å². The molecule has 0 radical (unpaired) electrons. The van der Waals surface area contributed by atoms with Crippen LogP contribution in [0.3, 0.4) is 0 Å². The van der Waals surface area contributed by atoms with E-state index in [2.05, 4.69) is 5.32 Å². The average Bonchev–Trinajstić information content (AvgIpc) is 2.26. The van der Waals surface area contributed by atoms with E-state index >= 15 is 0 Å². The Morgan fingerprint density at radius 3 is 2.69 bits per heavy atom. The molecule has 0 aliphatic carbocycles.